The molecule has 94 valence electrons. The summed E-state index contributed by atoms with van der Waals surface area (Å²) in [6.07, 6.45) is 4.11. The molecule has 0 amide bonds. The van der Waals surface area contributed by atoms with Gasteiger partial charge in [-0.05, 0) is 24.8 Å². The highest BCUT2D eigenvalue weighted by Crippen LogP contribution is 2.16. The van der Waals surface area contributed by atoms with E-state index >= 15 is 0 Å². The van der Waals surface area contributed by atoms with Gasteiger partial charge in [0.15, 0.2) is 0 Å². The van der Waals surface area contributed by atoms with Gasteiger partial charge >= 0.3 is 0 Å². The predicted octanol–water partition coefficient (Wildman–Crippen LogP) is 1.38. The number of rotatable bonds is 5. The average molecular weight is 236 g/mol. The minimum Gasteiger partial charge on any atom is -0.381 e. The molecule has 0 radical (unpaired) electrons. The Hall–Kier alpha value is -1.36. The van der Waals surface area contributed by atoms with E-state index in [-0.39, 0.29) is 0 Å². The standard InChI is InChI=1S/C12H20N4O/c1-16(2)12-14-7-4-11(15-12)13-6-3-10-5-8-17-9-10/h4,7,10H,3,5-6,8-9H2,1-2H3,(H,13,14,15). The highest BCUT2D eigenvalue weighted by Gasteiger charge is 2.14. The molecule has 2 rings (SSSR count). The van der Waals surface area contributed by atoms with Crippen LogP contribution in [-0.2, 0) is 4.74 Å². The van der Waals surface area contributed by atoms with Gasteiger partial charge in [-0.2, -0.15) is 4.98 Å². The van der Waals surface area contributed by atoms with E-state index in [1.165, 1.54) is 6.42 Å². The van der Waals surface area contributed by atoms with Gasteiger partial charge < -0.3 is 15.0 Å². The van der Waals surface area contributed by atoms with Crippen LogP contribution in [0.5, 0.6) is 0 Å². The van der Waals surface area contributed by atoms with Gasteiger partial charge in [0.05, 0.1) is 0 Å². The van der Waals surface area contributed by atoms with Crippen molar-refractivity contribution in [3.05, 3.63) is 12.3 Å². The molecule has 1 unspecified atom stereocenters. The maximum absolute atomic E-state index is 5.35. The number of ether oxygens (including phenoxy) is 1. The lowest BCUT2D eigenvalue weighted by molar-refractivity contribution is 0.185. The first-order chi connectivity index (χ1) is 8.25. The minimum absolute atomic E-state index is 0.706. The highest BCUT2D eigenvalue weighted by molar-refractivity contribution is 5.40. The maximum atomic E-state index is 5.35. The van der Waals surface area contributed by atoms with E-state index in [1.807, 2.05) is 25.1 Å². The van der Waals surface area contributed by atoms with Gasteiger partial charge in [0.1, 0.15) is 5.82 Å². The highest BCUT2D eigenvalue weighted by atomic mass is 16.5. The first-order valence-corrected chi connectivity index (χ1v) is 6.07. The third-order valence-corrected chi connectivity index (χ3v) is 2.93. The molecule has 0 spiro atoms. The third-order valence-electron chi connectivity index (χ3n) is 2.93. The van der Waals surface area contributed by atoms with Crippen LogP contribution >= 0.6 is 0 Å². The van der Waals surface area contributed by atoms with Gasteiger partial charge in [0.25, 0.3) is 0 Å². The quantitative estimate of drug-likeness (QED) is 0.837. The van der Waals surface area contributed by atoms with Crippen LogP contribution in [0.25, 0.3) is 0 Å². The lowest BCUT2D eigenvalue weighted by atomic mass is 10.1. The zero-order valence-electron chi connectivity index (χ0n) is 10.5. The van der Waals surface area contributed by atoms with E-state index in [2.05, 4.69) is 15.3 Å². The van der Waals surface area contributed by atoms with Crippen molar-refractivity contribution < 1.29 is 4.74 Å². The second-order valence-corrected chi connectivity index (χ2v) is 4.58. The van der Waals surface area contributed by atoms with Crippen molar-refractivity contribution in [2.45, 2.75) is 12.8 Å². The zero-order valence-corrected chi connectivity index (χ0v) is 10.5. The first kappa shape index (κ1) is 12.1. The van der Waals surface area contributed by atoms with Crippen LogP contribution in [0, 0.1) is 5.92 Å². The summed E-state index contributed by atoms with van der Waals surface area (Å²) < 4.78 is 5.35. The molecule has 1 atom stereocenters. The Kier molecular flexibility index (Phi) is 4.14. The van der Waals surface area contributed by atoms with Crippen molar-refractivity contribution in [3.63, 3.8) is 0 Å². The molecule has 1 fully saturated rings. The van der Waals surface area contributed by atoms with E-state index in [1.54, 1.807) is 6.20 Å². The molecule has 0 saturated carbocycles. The number of hydrogen-bond acceptors (Lipinski definition) is 5. The van der Waals surface area contributed by atoms with E-state index in [4.69, 9.17) is 4.74 Å². The topological polar surface area (TPSA) is 50.3 Å². The van der Waals surface area contributed by atoms with Crippen molar-refractivity contribution in [1.29, 1.82) is 0 Å². The second-order valence-electron chi connectivity index (χ2n) is 4.58. The first-order valence-electron chi connectivity index (χ1n) is 6.07. The smallest absolute Gasteiger partial charge is 0.226 e. The van der Waals surface area contributed by atoms with Crippen molar-refractivity contribution in [2.24, 2.45) is 5.92 Å². The van der Waals surface area contributed by atoms with Crippen LogP contribution in [0.3, 0.4) is 0 Å². The lowest BCUT2D eigenvalue weighted by Gasteiger charge is -2.12. The molecule has 1 aliphatic rings. The van der Waals surface area contributed by atoms with Gasteiger partial charge in [0, 0.05) is 40.1 Å². The van der Waals surface area contributed by atoms with Gasteiger partial charge in [-0.1, -0.05) is 0 Å². The summed E-state index contributed by atoms with van der Waals surface area (Å²) in [5.74, 6) is 2.33. The van der Waals surface area contributed by atoms with Crippen molar-refractivity contribution >= 4 is 11.8 Å². The van der Waals surface area contributed by atoms with Crippen molar-refractivity contribution in [3.8, 4) is 0 Å². The summed E-state index contributed by atoms with van der Waals surface area (Å²) in [5.41, 5.74) is 0. The summed E-state index contributed by atoms with van der Waals surface area (Å²) in [5, 5.41) is 3.33. The summed E-state index contributed by atoms with van der Waals surface area (Å²) in [6.45, 7) is 2.77. The monoisotopic (exact) mass is 236 g/mol. The Balaban J connectivity index is 1.79. The summed E-state index contributed by atoms with van der Waals surface area (Å²) in [6, 6.07) is 1.90. The van der Waals surface area contributed by atoms with Crippen LogP contribution < -0.4 is 10.2 Å². The minimum atomic E-state index is 0.706. The van der Waals surface area contributed by atoms with Gasteiger partial charge in [-0.3, -0.25) is 0 Å². The fourth-order valence-electron chi connectivity index (χ4n) is 1.88. The Morgan fingerprint density at radius 1 is 1.53 bits per heavy atom. The number of hydrogen-bond donors (Lipinski definition) is 1. The van der Waals surface area contributed by atoms with Crippen LogP contribution in [0.4, 0.5) is 11.8 Å². The van der Waals surface area contributed by atoms with Crippen LogP contribution in [0.1, 0.15) is 12.8 Å². The van der Waals surface area contributed by atoms with E-state index in [0.717, 1.165) is 37.9 Å². The lowest BCUT2D eigenvalue weighted by Crippen LogP contribution is -2.14. The van der Waals surface area contributed by atoms with Gasteiger partial charge in [0.2, 0.25) is 5.95 Å². The van der Waals surface area contributed by atoms with Crippen LogP contribution in [-0.4, -0.2) is 43.8 Å². The average Bonchev–Trinajstić information content (AvgIpc) is 2.82. The number of aromatic nitrogens is 2. The molecular formula is C12H20N4O. The van der Waals surface area contributed by atoms with E-state index < -0.39 is 0 Å². The zero-order chi connectivity index (χ0) is 12.1. The molecule has 2 heterocycles. The molecule has 5 nitrogen and oxygen atoms in total. The second kappa shape index (κ2) is 5.82. The molecule has 0 bridgehead atoms. The fourth-order valence-corrected chi connectivity index (χ4v) is 1.88. The molecule has 1 aliphatic heterocycles. The number of anilines is 2. The Bertz CT molecular complexity index is 350. The molecule has 1 saturated heterocycles. The Morgan fingerprint density at radius 2 is 2.41 bits per heavy atom. The molecule has 17 heavy (non-hydrogen) atoms. The van der Waals surface area contributed by atoms with Crippen LogP contribution in [0.15, 0.2) is 12.3 Å². The van der Waals surface area contributed by atoms with Crippen molar-refractivity contribution in [2.75, 3.05) is 44.1 Å². The molecule has 1 aromatic rings. The SMILES string of the molecule is CN(C)c1nccc(NCCC2CCOC2)n1. The molecule has 1 aromatic heterocycles. The fraction of sp³-hybridized carbons (Fsp3) is 0.667. The van der Waals surface area contributed by atoms with E-state index in [0.29, 0.717) is 5.92 Å². The summed E-state index contributed by atoms with van der Waals surface area (Å²) >= 11 is 0. The van der Waals surface area contributed by atoms with Crippen LogP contribution in [0.2, 0.25) is 0 Å². The van der Waals surface area contributed by atoms with Crippen molar-refractivity contribution in [1.82, 2.24) is 9.97 Å². The third kappa shape index (κ3) is 3.56. The van der Waals surface area contributed by atoms with Gasteiger partial charge in [-0.15, -0.1) is 0 Å². The molecule has 5 heteroatoms. The van der Waals surface area contributed by atoms with E-state index in [9.17, 15) is 0 Å². The number of nitrogens with one attached hydrogen (secondary N) is 1. The molecule has 0 aromatic carbocycles. The summed E-state index contributed by atoms with van der Waals surface area (Å²) in [4.78, 5) is 10.5. The maximum Gasteiger partial charge on any atom is 0.226 e. The largest absolute Gasteiger partial charge is 0.381 e. The number of nitrogens with zero attached hydrogens (tertiary/aromatic N) is 3. The van der Waals surface area contributed by atoms with Gasteiger partial charge in [-0.25, -0.2) is 4.98 Å². The predicted molar refractivity (Wildman–Crippen MR) is 68.4 cm³/mol. The normalized spacial score (nSPS) is 19.3. The molecular weight excluding hydrogens is 216 g/mol. The Labute approximate surface area is 102 Å². The Morgan fingerprint density at radius 3 is 3.12 bits per heavy atom. The molecule has 1 N–H and O–H groups in total. The molecule has 0 aliphatic carbocycles. The summed E-state index contributed by atoms with van der Waals surface area (Å²) in [7, 11) is 3.88.